The van der Waals surface area contributed by atoms with Crippen LogP contribution in [-0.2, 0) is 0 Å². The monoisotopic (exact) mass is 197 g/mol. The van der Waals surface area contributed by atoms with Crippen molar-refractivity contribution in [1.82, 2.24) is 9.80 Å². The van der Waals surface area contributed by atoms with Crippen LogP contribution in [0.2, 0.25) is 0 Å². The maximum absolute atomic E-state index is 5.86. The lowest BCUT2D eigenvalue weighted by Gasteiger charge is -2.40. The quantitative estimate of drug-likeness (QED) is 0.715. The topological polar surface area (TPSA) is 32.5 Å². The van der Waals surface area contributed by atoms with Gasteiger partial charge < -0.3 is 10.6 Å². The fraction of sp³-hybridized carbons (Fsp3) is 1.00. The molecule has 1 aliphatic heterocycles. The van der Waals surface area contributed by atoms with E-state index < -0.39 is 0 Å². The van der Waals surface area contributed by atoms with Crippen molar-refractivity contribution in [3.63, 3.8) is 0 Å². The molecule has 14 heavy (non-hydrogen) atoms. The van der Waals surface area contributed by atoms with E-state index >= 15 is 0 Å². The summed E-state index contributed by atoms with van der Waals surface area (Å²) < 4.78 is 0. The summed E-state index contributed by atoms with van der Waals surface area (Å²) in [7, 11) is 4.49. The van der Waals surface area contributed by atoms with Crippen LogP contribution in [-0.4, -0.2) is 55.1 Å². The van der Waals surface area contributed by atoms with Gasteiger partial charge in [-0.25, -0.2) is 0 Å². The Balaban J connectivity index is 1.93. The highest BCUT2D eigenvalue weighted by molar-refractivity contribution is 5.05. The minimum absolute atomic E-state index is 0.378. The van der Waals surface area contributed by atoms with Gasteiger partial charge in [-0.15, -0.1) is 0 Å². The summed E-state index contributed by atoms with van der Waals surface area (Å²) >= 11 is 0. The van der Waals surface area contributed by atoms with Crippen molar-refractivity contribution in [2.45, 2.75) is 37.3 Å². The third-order valence-electron chi connectivity index (χ3n) is 4.10. The fourth-order valence-electron chi connectivity index (χ4n) is 2.69. The van der Waals surface area contributed by atoms with Gasteiger partial charge in [-0.05, 0) is 46.3 Å². The lowest BCUT2D eigenvalue weighted by molar-refractivity contribution is 0.0905. The maximum Gasteiger partial charge on any atom is 0.0333 e. The molecule has 82 valence electrons. The van der Waals surface area contributed by atoms with Crippen LogP contribution >= 0.6 is 0 Å². The molecule has 0 amide bonds. The lowest BCUT2D eigenvalue weighted by Crippen LogP contribution is -2.52. The van der Waals surface area contributed by atoms with Gasteiger partial charge in [-0.2, -0.15) is 0 Å². The molecule has 2 N–H and O–H groups in total. The Morgan fingerprint density at radius 2 is 2.21 bits per heavy atom. The first-order chi connectivity index (χ1) is 6.68. The van der Waals surface area contributed by atoms with Gasteiger partial charge in [-0.1, -0.05) is 0 Å². The van der Waals surface area contributed by atoms with Crippen molar-refractivity contribution >= 4 is 0 Å². The van der Waals surface area contributed by atoms with Gasteiger partial charge in [0.25, 0.3) is 0 Å². The van der Waals surface area contributed by atoms with Gasteiger partial charge in [0.1, 0.15) is 0 Å². The van der Waals surface area contributed by atoms with Crippen molar-refractivity contribution < 1.29 is 0 Å². The van der Waals surface area contributed by atoms with Crippen LogP contribution in [0.3, 0.4) is 0 Å². The smallest absolute Gasteiger partial charge is 0.0333 e. The Bertz CT molecular complexity index is 201. The van der Waals surface area contributed by atoms with E-state index in [-0.39, 0.29) is 0 Å². The summed E-state index contributed by atoms with van der Waals surface area (Å²) in [4.78, 5) is 5.00. The van der Waals surface area contributed by atoms with E-state index in [0.29, 0.717) is 5.54 Å². The fourth-order valence-corrected chi connectivity index (χ4v) is 2.69. The molecule has 0 bridgehead atoms. The molecule has 1 saturated heterocycles. The van der Waals surface area contributed by atoms with E-state index in [0.717, 1.165) is 12.6 Å². The average Bonchev–Trinajstić information content (AvgIpc) is 2.97. The summed E-state index contributed by atoms with van der Waals surface area (Å²) in [6.07, 6.45) is 5.30. The summed E-state index contributed by atoms with van der Waals surface area (Å²) in [5.41, 5.74) is 6.23. The minimum atomic E-state index is 0.378. The average molecular weight is 197 g/mol. The standard InChI is InChI=1S/C11H23N3/c1-13-7-3-4-10(8-13)14(2)11(9-12)5-6-11/h10H,3-9,12H2,1-2H3. The van der Waals surface area contributed by atoms with Gasteiger partial charge in [0.15, 0.2) is 0 Å². The normalized spacial score (nSPS) is 32.1. The molecule has 1 aliphatic carbocycles. The number of rotatable bonds is 3. The Morgan fingerprint density at radius 1 is 1.50 bits per heavy atom. The number of hydrogen-bond donors (Lipinski definition) is 1. The van der Waals surface area contributed by atoms with E-state index in [1.54, 1.807) is 0 Å². The molecule has 0 aromatic rings. The van der Waals surface area contributed by atoms with Gasteiger partial charge in [-0.3, -0.25) is 4.90 Å². The zero-order valence-corrected chi connectivity index (χ0v) is 9.50. The molecule has 0 aromatic carbocycles. The van der Waals surface area contributed by atoms with Crippen LogP contribution in [0, 0.1) is 0 Å². The van der Waals surface area contributed by atoms with Gasteiger partial charge in [0.2, 0.25) is 0 Å². The Hall–Kier alpha value is -0.120. The molecular formula is C11H23N3. The highest BCUT2D eigenvalue weighted by atomic mass is 15.3. The number of piperidine rings is 1. The molecular weight excluding hydrogens is 174 g/mol. The summed E-state index contributed by atoms with van der Waals surface area (Å²) in [5.74, 6) is 0. The Labute approximate surface area is 87.2 Å². The van der Waals surface area contributed by atoms with Crippen LogP contribution in [0.5, 0.6) is 0 Å². The van der Waals surface area contributed by atoms with Crippen molar-refractivity contribution in [2.75, 3.05) is 33.7 Å². The van der Waals surface area contributed by atoms with E-state index in [1.807, 2.05) is 0 Å². The van der Waals surface area contributed by atoms with Gasteiger partial charge in [0.05, 0.1) is 0 Å². The molecule has 0 aromatic heterocycles. The second kappa shape index (κ2) is 3.80. The SMILES string of the molecule is CN1CCCC(N(C)C2(CN)CC2)C1. The molecule has 1 unspecified atom stereocenters. The molecule has 2 rings (SSSR count). The number of nitrogens with two attached hydrogens (primary N) is 1. The van der Waals surface area contributed by atoms with E-state index in [1.165, 1.54) is 38.8 Å². The molecule has 0 spiro atoms. The molecule has 2 aliphatic rings. The zero-order chi connectivity index (χ0) is 10.2. The van der Waals surface area contributed by atoms with Crippen LogP contribution in [0.15, 0.2) is 0 Å². The summed E-state index contributed by atoms with van der Waals surface area (Å²) in [5, 5.41) is 0. The highest BCUT2D eigenvalue weighted by Crippen LogP contribution is 2.41. The van der Waals surface area contributed by atoms with Crippen molar-refractivity contribution in [3.05, 3.63) is 0 Å². The number of likely N-dealkylation sites (N-methyl/N-ethyl adjacent to an activating group) is 2. The second-order valence-electron chi connectivity index (χ2n) is 5.10. The van der Waals surface area contributed by atoms with Gasteiger partial charge >= 0.3 is 0 Å². The van der Waals surface area contributed by atoms with E-state index in [2.05, 4.69) is 23.9 Å². The molecule has 2 fully saturated rings. The largest absolute Gasteiger partial charge is 0.329 e. The van der Waals surface area contributed by atoms with Crippen LogP contribution in [0.1, 0.15) is 25.7 Å². The molecule has 1 atom stereocenters. The third kappa shape index (κ3) is 1.81. The lowest BCUT2D eigenvalue weighted by atomic mass is 10.0. The molecule has 0 radical (unpaired) electrons. The predicted molar refractivity (Wildman–Crippen MR) is 59.3 cm³/mol. The van der Waals surface area contributed by atoms with E-state index in [9.17, 15) is 0 Å². The molecule has 1 heterocycles. The maximum atomic E-state index is 5.86. The predicted octanol–water partition coefficient (Wildman–Crippen LogP) is 0.504. The van der Waals surface area contributed by atoms with Crippen LogP contribution in [0.25, 0.3) is 0 Å². The summed E-state index contributed by atoms with van der Waals surface area (Å²) in [6.45, 7) is 3.32. The first kappa shape index (κ1) is 10.4. The minimum Gasteiger partial charge on any atom is -0.329 e. The van der Waals surface area contributed by atoms with Crippen molar-refractivity contribution in [1.29, 1.82) is 0 Å². The van der Waals surface area contributed by atoms with Crippen molar-refractivity contribution in [2.24, 2.45) is 5.73 Å². The summed E-state index contributed by atoms with van der Waals surface area (Å²) in [6, 6.07) is 0.736. The Morgan fingerprint density at radius 3 is 2.71 bits per heavy atom. The highest BCUT2D eigenvalue weighted by Gasteiger charge is 2.47. The number of likely N-dealkylation sites (tertiary alicyclic amines) is 1. The number of nitrogens with zero attached hydrogens (tertiary/aromatic N) is 2. The second-order valence-corrected chi connectivity index (χ2v) is 5.10. The Kier molecular flexibility index (Phi) is 2.82. The molecule has 3 heteroatoms. The van der Waals surface area contributed by atoms with E-state index in [4.69, 9.17) is 5.73 Å². The first-order valence-electron chi connectivity index (χ1n) is 5.79. The molecule has 1 saturated carbocycles. The number of hydrogen-bond acceptors (Lipinski definition) is 3. The van der Waals surface area contributed by atoms with Crippen LogP contribution < -0.4 is 5.73 Å². The third-order valence-corrected chi connectivity index (χ3v) is 4.10. The zero-order valence-electron chi connectivity index (χ0n) is 9.50. The van der Waals surface area contributed by atoms with Crippen molar-refractivity contribution in [3.8, 4) is 0 Å². The first-order valence-corrected chi connectivity index (χ1v) is 5.79. The molecule has 3 nitrogen and oxygen atoms in total. The van der Waals surface area contributed by atoms with Gasteiger partial charge in [0, 0.05) is 24.7 Å². The van der Waals surface area contributed by atoms with Crippen LogP contribution in [0.4, 0.5) is 0 Å².